The van der Waals surface area contributed by atoms with Gasteiger partial charge in [-0.05, 0) is 17.7 Å². The van der Waals surface area contributed by atoms with E-state index in [2.05, 4.69) is 15.3 Å². The van der Waals surface area contributed by atoms with Crippen LogP contribution in [0.1, 0.15) is 34.1 Å². The van der Waals surface area contributed by atoms with Crippen molar-refractivity contribution in [2.45, 2.75) is 32.4 Å². The quantitative estimate of drug-likeness (QED) is 0.738. The molecule has 7 nitrogen and oxygen atoms in total. The first kappa shape index (κ1) is 20.9. The molecule has 0 unspecified atom stereocenters. The average molecular weight is 425 g/mol. The van der Waals surface area contributed by atoms with Gasteiger partial charge in [0.2, 0.25) is 11.8 Å². The fourth-order valence-corrected chi connectivity index (χ4v) is 3.18. The molecule has 0 atom stereocenters. The van der Waals surface area contributed by atoms with Gasteiger partial charge in [-0.1, -0.05) is 11.6 Å². The fraction of sp³-hybridized carbons (Fsp3) is 0.368. The van der Waals surface area contributed by atoms with Crippen LogP contribution in [0.3, 0.4) is 0 Å². The maximum Gasteiger partial charge on any atom is 0.278 e. The lowest BCUT2D eigenvalue weighted by Crippen LogP contribution is -2.24. The maximum absolute atomic E-state index is 12.9. The lowest BCUT2D eigenvalue weighted by molar-refractivity contribution is -0.120. The Labute approximate surface area is 171 Å². The number of hydrogen-bond acceptors (Lipinski definition) is 5. The molecule has 0 saturated carbocycles. The molecule has 3 rings (SSSR count). The number of nitrogens with one attached hydrogen (secondary N) is 1. The Bertz CT molecular complexity index is 950. The summed E-state index contributed by atoms with van der Waals surface area (Å²) in [7, 11) is 1.54. The Morgan fingerprint density at radius 3 is 2.83 bits per heavy atom. The van der Waals surface area contributed by atoms with Crippen molar-refractivity contribution in [2.75, 3.05) is 13.7 Å². The summed E-state index contributed by atoms with van der Waals surface area (Å²) in [4.78, 5) is 34.2. The summed E-state index contributed by atoms with van der Waals surface area (Å²) in [5, 5.41) is 2.62. The molecule has 3 heterocycles. The lowest BCUT2D eigenvalue weighted by Gasteiger charge is -2.17. The summed E-state index contributed by atoms with van der Waals surface area (Å²) in [5.41, 5.74) is 2.39. The molecule has 0 aliphatic carbocycles. The van der Waals surface area contributed by atoms with E-state index in [-0.39, 0.29) is 35.7 Å². The van der Waals surface area contributed by atoms with E-state index in [1.54, 1.807) is 11.0 Å². The molecule has 0 radical (unpaired) electrons. The second kappa shape index (κ2) is 8.28. The summed E-state index contributed by atoms with van der Waals surface area (Å²) in [6.07, 6.45) is 3.02. The van der Waals surface area contributed by atoms with Crippen molar-refractivity contribution in [1.82, 2.24) is 20.2 Å². The van der Waals surface area contributed by atoms with E-state index in [4.69, 9.17) is 16.3 Å². The number of ether oxygens (including phenoxy) is 1. The molecule has 1 aliphatic heterocycles. The summed E-state index contributed by atoms with van der Waals surface area (Å²) < 4.78 is 30.8. The van der Waals surface area contributed by atoms with E-state index in [1.807, 2.05) is 0 Å². The molecule has 2 amide bonds. The van der Waals surface area contributed by atoms with E-state index in [0.29, 0.717) is 28.9 Å². The predicted octanol–water partition coefficient (Wildman–Crippen LogP) is 2.61. The summed E-state index contributed by atoms with van der Waals surface area (Å²) in [6.45, 7) is 0.412. The van der Waals surface area contributed by atoms with Crippen LogP contribution in [-0.4, -0.2) is 46.3 Å². The van der Waals surface area contributed by atoms with Crippen LogP contribution >= 0.6 is 11.6 Å². The molecule has 0 bridgehead atoms. The van der Waals surface area contributed by atoms with Gasteiger partial charge in [0.1, 0.15) is 5.02 Å². The minimum atomic E-state index is -3.00. The van der Waals surface area contributed by atoms with Gasteiger partial charge in [0.25, 0.3) is 11.8 Å². The van der Waals surface area contributed by atoms with Crippen LogP contribution in [0.25, 0.3) is 0 Å². The minimum absolute atomic E-state index is 0.0814. The van der Waals surface area contributed by atoms with E-state index >= 15 is 0 Å². The van der Waals surface area contributed by atoms with E-state index in [0.717, 1.165) is 6.92 Å². The highest BCUT2D eigenvalue weighted by atomic mass is 35.5. The molecule has 2 aromatic heterocycles. The Morgan fingerprint density at radius 1 is 1.41 bits per heavy atom. The second-order valence-electron chi connectivity index (χ2n) is 6.78. The molecule has 1 N–H and O–H groups in total. The average Bonchev–Trinajstić information content (AvgIpc) is 2.97. The van der Waals surface area contributed by atoms with Crippen LogP contribution < -0.4 is 10.1 Å². The molecule has 0 aromatic carbocycles. The lowest BCUT2D eigenvalue weighted by atomic mass is 10.1. The van der Waals surface area contributed by atoms with Crippen molar-refractivity contribution >= 4 is 23.4 Å². The maximum atomic E-state index is 12.9. The summed E-state index contributed by atoms with van der Waals surface area (Å²) in [5.74, 6) is -3.48. The third kappa shape index (κ3) is 4.97. The zero-order valence-corrected chi connectivity index (χ0v) is 16.6. The van der Waals surface area contributed by atoms with Gasteiger partial charge >= 0.3 is 0 Å². The van der Waals surface area contributed by atoms with E-state index < -0.39 is 12.5 Å². The van der Waals surface area contributed by atoms with Crippen LogP contribution in [-0.2, 0) is 24.3 Å². The Morgan fingerprint density at radius 2 is 2.17 bits per heavy atom. The van der Waals surface area contributed by atoms with Crippen molar-refractivity contribution in [3.63, 3.8) is 0 Å². The zero-order valence-electron chi connectivity index (χ0n) is 15.8. The van der Waals surface area contributed by atoms with Gasteiger partial charge in [-0.3, -0.25) is 14.6 Å². The smallest absolute Gasteiger partial charge is 0.278 e. The zero-order chi connectivity index (χ0) is 21.2. The van der Waals surface area contributed by atoms with Crippen LogP contribution in [0, 0.1) is 0 Å². The number of rotatable bonds is 7. The molecule has 10 heteroatoms. The van der Waals surface area contributed by atoms with Crippen molar-refractivity contribution in [2.24, 2.45) is 0 Å². The van der Waals surface area contributed by atoms with Crippen molar-refractivity contribution in [3.05, 3.63) is 51.9 Å². The van der Waals surface area contributed by atoms with Crippen LogP contribution in [0.2, 0.25) is 5.02 Å². The van der Waals surface area contributed by atoms with Crippen LogP contribution in [0.5, 0.6) is 5.88 Å². The molecular weight excluding hydrogens is 406 g/mol. The highest BCUT2D eigenvalue weighted by Crippen LogP contribution is 2.29. The summed E-state index contributed by atoms with van der Waals surface area (Å²) in [6, 6.07) is 3.15. The van der Waals surface area contributed by atoms with Gasteiger partial charge in [-0.2, -0.15) is 0 Å². The number of aromatic nitrogens is 2. The predicted molar refractivity (Wildman–Crippen MR) is 101 cm³/mol. The SMILES string of the molecule is CNC(=O)Cc1nccc2c1CN(Cc1cnc(OCC(C)(F)F)c(Cl)c1)C2=O. The minimum Gasteiger partial charge on any atom is -0.470 e. The highest BCUT2D eigenvalue weighted by molar-refractivity contribution is 6.31. The molecule has 0 fully saturated rings. The van der Waals surface area contributed by atoms with Gasteiger partial charge < -0.3 is 15.0 Å². The largest absolute Gasteiger partial charge is 0.470 e. The van der Waals surface area contributed by atoms with Gasteiger partial charge in [0, 0.05) is 50.6 Å². The molecule has 0 spiro atoms. The Hall–Kier alpha value is -2.81. The van der Waals surface area contributed by atoms with Gasteiger partial charge in [-0.25, -0.2) is 13.8 Å². The number of carbonyl (C=O) groups excluding carboxylic acids is 2. The number of amides is 2. The van der Waals surface area contributed by atoms with Gasteiger partial charge in [-0.15, -0.1) is 0 Å². The topological polar surface area (TPSA) is 84.4 Å². The van der Waals surface area contributed by atoms with Crippen molar-refractivity contribution in [3.8, 4) is 5.88 Å². The normalized spacial score (nSPS) is 13.4. The third-order valence-electron chi connectivity index (χ3n) is 4.32. The first-order valence-electron chi connectivity index (χ1n) is 8.79. The Balaban J connectivity index is 1.73. The Kier molecular flexibility index (Phi) is 5.97. The van der Waals surface area contributed by atoms with E-state index in [1.165, 1.54) is 25.5 Å². The second-order valence-corrected chi connectivity index (χ2v) is 7.19. The molecule has 154 valence electrons. The number of alkyl halides is 2. The molecule has 1 aliphatic rings. The molecular formula is C19H19ClF2N4O3. The monoisotopic (exact) mass is 424 g/mol. The van der Waals surface area contributed by atoms with Crippen molar-refractivity contribution in [1.29, 1.82) is 0 Å². The van der Waals surface area contributed by atoms with E-state index in [9.17, 15) is 18.4 Å². The first-order valence-corrected chi connectivity index (χ1v) is 9.17. The number of carbonyl (C=O) groups is 2. The summed E-state index contributed by atoms with van der Waals surface area (Å²) >= 11 is 6.08. The molecule has 29 heavy (non-hydrogen) atoms. The highest BCUT2D eigenvalue weighted by Gasteiger charge is 2.30. The van der Waals surface area contributed by atoms with Gasteiger partial charge in [0.05, 0.1) is 12.1 Å². The number of likely N-dealkylation sites (N-methyl/N-ethyl adjacent to an activating group) is 1. The first-order chi connectivity index (χ1) is 13.7. The van der Waals surface area contributed by atoms with Crippen LogP contribution in [0.4, 0.5) is 8.78 Å². The van der Waals surface area contributed by atoms with Crippen molar-refractivity contribution < 1.29 is 23.1 Å². The molecule has 0 saturated heterocycles. The van der Waals surface area contributed by atoms with Crippen LogP contribution in [0.15, 0.2) is 24.5 Å². The number of pyridine rings is 2. The number of fused-ring (bicyclic) bond motifs is 1. The third-order valence-corrected chi connectivity index (χ3v) is 4.59. The number of nitrogens with zero attached hydrogens (tertiary/aromatic N) is 3. The fourth-order valence-electron chi connectivity index (χ4n) is 2.94. The standard InChI is InChI=1S/C19H19ClF2N4O3/c1-19(21,22)10-29-17-14(20)5-11(7-25-17)8-26-9-13-12(18(26)28)3-4-24-15(13)6-16(27)23-2/h3-5,7H,6,8-10H2,1-2H3,(H,23,27). The number of hydrogen-bond donors (Lipinski definition) is 1. The number of halogens is 3. The van der Waals surface area contributed by atoms with Gasteiger partial charge in [0.15, 0.2) is 6.61 Å². The molecule has 2 aromatic rings.